The van der Waals surface area contributed by atoms with Crippen LogP contribution in [0.5, 0.6) is 0 Å². The maximum absolute atomic E-state index is 10.7. The molecule has 6 heteroatoms. The van der Waals surface area contributed by atoms with Crippen LogP contribution in [0, 0.1) is 0 Å². The molecule has 0 spiro atoms. The fraction of sp³-hybridized carbons (Fsp3) is 0.0833. The van der Waals surface area contributed by atoms with Crippen LogP contribution in [0.4, 0.5) is 5.69 Å². The van der Waals surface area contributed by atoms with E-state index in [0.717, 1.165) is 15.0 Å². The van der Waals surface area contributed by atoms with Gasteiger partial charge in [-0.1, -0.05) is 17.7 Å². The van der Waals surface area contributed by atoms with Crippen molar-refractivity contribution in [2.45, 2.75) is 6.54 Å². The minimum atomic E-state index is -0.901. The standard InChI is InChI=1S/C12H9BrClNO2S/c13-11-9(14)2-1-3-10(11)15-5-8-4-7(6-18-8)12(16)17/h1-4,6,15H,5H2,(H,16,17). The van der Waals surface area contributed by atoms with Crippen LogP contribution < -0.4 is 5.32 Å². The van der Waals surface area contributed by atoms with Gasteiger partial charge in [-0.2, -0.15) is 0 Å². The highest BCUT2D eigenvalue weighted by molar-refractivity contribution is 9.10. The van der Waals surface area contributed by atoms with Crippen molar-refractivity contribution in [1.82, 2.24) is 0 Å². The van der Waals surface area contributed by atoms with Gasteiger partial charge in [-0.25, -0.2) is 4.79 Å². The number of benzene rings is 1. The van der Waals surface area contributed by atoms with E-state index in [2.05, 4.69) is 21.2 Å². The zero-order valence-corrected chi connectivity index (χ0v) is 12.3. The third-order valence-electron chi connectivity index (χ3n) is 2.31. The van der Waals surface area contributed by atoms with Crippen LogP contribution in [0.25, 0.3) is 0 Å². The Morgan fingerprint density at radius 2 is 2.28 bits per heavy atom. The van der Waals surface area contributed by atoms with Gasteiger partial charge in [0.05, 0.1) is 20.7 Å². The minimum Gasteiger partial charge on any atom is -0.478 e. The lowest BCUT2D eigenvalue weighted by molar-refractivity contribution is 0.0697. The molecule has 0 aliphatic carbocycles. The van der Waals surface area contributed by atoms with Crippen molar-refractivity contribution in [2.75, 3.05) is 5.32 Å². The fourth-order valence-corrected chi connectivity index (χ4v) is 2.78. The Bertz CT molecular complexity index is 585. The second-order valence-electron chi connectivity index (χ2n) is 3.56. The van der Waals surface area contributed by atoms with Crippen LogP contribution in [-0.4, -0.2) is 11.1 Å². The van der Waals surface area contributed by atoms with Gasteiger partial charge in [0, 0.05) is 16.8 Å². The van der Waals surface area contributed by atoms with Gasteiger partial charge in [-0.05, 0) is 34.1 Å². The van der Waals surface area contributed by atoms with E-state index in [4.69, 9.17) is 16.7 Å². The van der Waals surface area contributed by atoms with Gasteiger partial charge in [0.25, 0.3) is 0 Å². The Hall–Kier alpha value is -1.04. The third kappa shape index (κ3) is 3.04. The molecule has 18 heavy (non-hydrogen) atoms. The monoisotopic (exact) mass is 345 g/mol. The number of carbonyl (C=O) groups is 1. The molecule has 2 rings (SSSR count). The van der Waals surface area contributed by atoms with Gasteiger partial charge in [-0.15, -0.1) is 11.3 Å². The maximum atomic E-state index is 10.7. The Balaban J connectivity index is 2.07. The van der Waals surface area contributed by atoms with E-state index in [0.29, 0.717) is 17.1 Å². The van der Waals surface area contributed by atoms with Gasteiger partial charge >= 0.3 is 5.97 Å². The van der Waals surface area contributed by atoms with Crippen LogP contribution in [0.15, 0.2) is 34.1 Å². The average molecular weight is 347 g/mol. The number of carboxylic acids is 1. The van der Waals surface area contributed by atoms with E-state index < -0.39 is 5.97 Å². The van der Waals surface area contributed by atoms with Crippen molar-refractivity contribution in [3.8, 4) is 0 Å². The number of halogens is 2. The molecule has 2 aromatic rings. The molecule has 0 fully saturated rings. The Morgan fingerprint density at radius 3 is 2.94 bits per heavy atom. The molecule has 0 unspecified atom stereocenters. The topological polar surface area (TPSA) is 49.3 Å². The fourth-order valence-electron chi connectivity index (χ4n) is 1.41. The first-order valence-electron chi connectivity index (χ1n) is 5.06. The number of hydrogen-bond donors (Lipinski definition) is 2. The lowest BCUT2D eigenvalue weighted by atomic mass is 10.3. The molecule has 3 nitrogen and oxygen atoms in total. The predicted molar refractivity (Wildman–Crippen MR) is 77.8 cm³/mol. The first-order chi connectivity index (χ1) is 8.58. The van der Waals surface area contributed by atoms with E-state index in [1.54, 1.807) is 17.5 Å². The van der Waals surface area contributed by atoms with Crippen LogP contribution in [0.3, 0.4) is 0 Å². The van der Waals surface area contributed by atoms with Crippen LogP contribution in [0.1, 0.15) is 15.2 Å². The smallest absolute Gasteiger partial charge is 0.336 e. The summed E-state index contributed by atoms with van der Waals surface area (Å²) in [6.07, 6.45) is 0. The first kappa shape index (κ1) is 13.4. The van der Waals surface area contributed by atoms with Gasteiger partial charge in [0.1, 0.15) is 0 Å². The molecule has 0 atom stereocenters. The molecule has 0 amide bonds. The quantitative estimate of drug-likeness (QED) is 0.858. The van der Waals surface area contributed by atoms with Crippen LogP contribution >= 0.6 is 38.9 Å². The summed E-state index contributed by atoms with van der Waals surface area (Å²) in [5.41, 5.74) is 1.20. The number of rotatable bonds is 4. The Labute approximate surface area is 122 Å². The maximum Gasteiger partial charge on any atom is 0.336 e. The third-order valence-corrected chi connectivity index (χ3v) is 4.64. The summed E-state index contributed by atoms with van der Waals surface area (Å²) in [5.74, 6) is -0.901. The summed E-state index contributed by atoms with van der Waals surface area (Å²) in [4.78, 5) is 11.7. The number of thiophene rings is 1. The lowest BCUT2D eigenvalue weighted by Crippen LogP contribution is -1.99. The molecule has 0 saturated carbocycles. The van der Waals surface area contributed by atoms with Gasteiger partial charge in [0.2, 0.25) is 0 Å². The summed E-state index contributed by atoms with van der Waals surface area (Å²) in [5, 5.41) is 14.3. The van der Waals surface area contributed by atoms with Gasteiger partial charge in [0.15, 0.2) is 0 Å². The summed E-state index contributed by atoms with van der Waals surface area (Å²) in [6.45, 7) is 0.566. The predicted octanol–water partition coefficient (Wildman–Crippen LogP) is 4.47. The average Bonchev–Trinajstić information content (AvgIpc) is 2.80. The highest BCUT2D eigenvalue weighted by Gasteiger charge is 2.07. The number of nitrogens with one attached hydrogen (secondary N) is 1. The van der Waals surface area contributed by atoms with Gasteiger partial charge in [-0.3, -0.25) is 0 Å². The molecule has 2 N–H and O–H groups in total. The number of aromatic carboxylic acids is 1. The normalized spacial score (nSPS) is 10.3. The van der Waals surface area contributed by atoms with Crippen LogP contribution in [0.2, 0.25) is 5.02 Å². The highest BCUT2D eigenvalue weighted by atomic mass is 79.9. The summed E-state index contributed by atoms with van der Waals surface area (Å²) in [6, 6.07) is 7.22. The van der Waals surface area contributed by atoms with Crippen LogP contribution in [-0.2, 0) is 6.54 Å². The summed E-state index contributed by atoms with van der Waals surface area (Å²) < 4.78 is 0.807. The zero-order valence-electron chi connectivity index (χ0n) is 9.11. The molecule has 94 valence electrons. The van der Waals surface area contributed by atoms with Crippen molar-refractivity contribution < 1.29 is 9.90 Å². The zero-order chi connectivity index (χ0) is 13.1. The largest absolute Gasteiger partial charge is 0.478 e. The SMILES string of the molecule is O=C(O)c1csc(CNc2cccc(Cl)c2Br)c1. The minimum absolute atomic E-state index is 0.321. The lowest BCUT2D eigenvalue weighted by Gasteiger charge is -2.08. The molecule has 1 heterocycles. The van der Waals surface area contributed by atoms with E-state index in [1.807, 2.05) is 12.1 Å². The van der Waals surface area contributed by atoms with Crippen molar-refractivity contribution in [2.24, 2.45) is 0 Å². The van der Waals surface area contributed by atoms with Crippen molar-refractivity contribution in [3.63, 3.8) is 0 Å². The number of carboxylic acid groups (broad SMARTS) is 1. The molecule has 0 saturated heterocycles. The number of hydrogen-bond acceptors (Lipinski definition) is 3. The van der Waals surface area contributed by atoms with Gasteiger partial charge < -0.3 is 10.4 Å². The molecule has 1 aromatic carbocycles. The highest BCUT2D eigenvalue weighted by Crippen LogP contribution is 2.30. The molecular formula is C12H9BrClNO2S. The van der Waals surface area contributed by atoms with E-state index in [9.17, 15) is 4.79 Å². The van der Waals surface area contributed by atoms with Crippen molar-refractivity contribution in [3.05, 3.63) is 49.6 Å². The molecule has 1 aromatic heterocycles. The van der Waals surface area contributed by atoms with Crippen molar-refractivity contribution in [1.29, 1.82) is 0 Å². The first-order valence-corrected chi connectivity index (χ1v) is 7.11. The van der Waals surface area contributed by atoms with E-state index >= 15 is 0 Å². The van der Waals surface area contributed by atoms with Crippen molar-refractivity contribution >= 4 is 50.5 Å². The Morgan fingerprint density at radius 1 is 1.50 bits per heavy atom. The van der Waals surface area contributed by atoms with E-state index in [1.165, 1.54) is 11.3 Å². The second-order valence-corrected chi connectivity index (χ2v) is 5.76. The number of anilines is 1. The summed E-state index contributed by atoms with van der Waals surface area (Å²) >= 11 is 10.8. The molecular weight excluding hydrogens is 338 g/mol. The molecule has 0 radical (unpaired) electrons. The Kier molecular flexibility index (Phi) is 4.27. The molecule has 0 aliphatic rings. The van der Waals surface area contributed by atoms with E-state index in [-0.39, 0.29) is 0 Å². The molecule has 0 bridgehead atoms. The summed E-state index contributed by atoms with van der Waals surface area (Å²) in [7, 11) is 0. The second kappa shape index (κ2) is 5.73. The molecule has 0 aliphatic heterocycles.